The van der Waals surface area contributed by atoms with Crippen molar-refractivity contribution in [1.82, 2.24) is 25.1 Å². The monoisotopic (exact) mass is 445 g/mol. The number of benzene rings is 1. The number of nitrogens with zero attached hydrogens (tertiary/aromatic N) is 6. The van der Waals surface area contributed by atoms with E-state index in [1.54, 1.807) is 35.4 Å². The van der Waals surface area contributed by atoms with Gasteiger partial charge in [-0.3, -0.25) is 9.88 Å². The summed E-state index contributed by atoms with van der Waals surface area (Å²) >= 11 is 0. The van der Waals surface area contributed by atoms with E-state index >= 15 is 4.39 Å². The number of pyridine rings is 1. The molecule has 6 rings (SSSR count). The van der Waals surface area contributed by atoms with Crippen LogP contribution in [0.15, 0.2) is 49.2 Å². The van der Waals surface area contributed by atoms with Gasteiger partial charge in [0.2, 0.25) is 0 Å². The fourth-order valence-electron chi connectivity index (χ4n) is 5.21. The lowest BCUT2D eigenvalue weighted by Crippen LogP contribution is -2.26. The van der Waals surface area contributed by atoms with Gasteiger partial charge in [0.1, 0.15) is 30.0 Å². The maximum Gasteiger partial charge on any atom is 0.414 e. The molecule has 1 N–H and O–H groups in total. The van der Waals surface area contributed by atoms with Gasteiger partial charge in [-0.25, -0.2) is 18.9 Å². The Hall–Kier alpha value is -3.84. The van der Waals surface area contributed by atoms with Gasteiger partial charge in [0.25, 0.3) is 0 Å². The maximum atomic E-state index is 15.0. The van der Waals surface area contributed by atoms with Crippen molar-refractivity contribution >= 4 is 11.8 Å². The molecule has 1 aliphatic carbocycles. The topological polar surface area (TPSA) is 109 Å². The lowest BCUT2D eigenvalue weighted by atomic mass is 9.96. The van der Waals surface area contributed by atoms with Gasteiger partial charge in [0, 0.05) is 42.2 Å². The highest BCUT2D eigenvalue weighted by Crippen LogP contribution is 2.60. The number of rotatable bonds is 5. The average molecular weight is 445 g/mol. The largest absolute Gasteiger partial charge is 0.442 e. The number of aromatic nitrogens is 4. The van der Waals surface area contributed by atoms with E-state index in [-0.39, 0.29) is 0 Å². The van der Waals surface area contributed by atoms with Crippen LogP contribution in [-0.2, 0) is 16.7 Å². The quantitative estimate of drug-likeness (QED) is 0.641. The minimum absolute atomic E-state index is 0.293. The summed E-state index contributed by atoms with van der Waals surface area (Å²) in [6.45, 7) is 2.33. The van der Waals surface area contributed by atoms with E-state index in [2.05, 4.69) is 26.5 Å². The highest BCUT2D eigenvalue weighted by molar-refractivity contribution is 5.90. The summed E-state index contributed by atoms with van der Waals surface area (Å²) in [5, 5.41) is 17.1. The van der Waals surface area contributed by atoms with E-state index < -0.39 is 23.4 Å². The molecular formula is C23H20FN7O2. The minimum atomic E-state index is -0.524. The standard InChI is InChI=1S/C23H20FN7O2/c24-20-5-15(31-10-16(33-22(31)32)9-30-13-27-12-29-30)2-3-17(20)14-1-4-21(28-6-14)23(11-25)18-7-26-8-19(18)23/h1-6,12-13,16,18-19,26H,7-10H2/t16-,18-,19+,23?/m0/s1. The van der Waals surface area contributed by atoms with Crippen LogP contribution in [0.3, 0.4) is 0 Å². The Kier molecular flexibility index (Phi) is 4.41. The van der Waals surface area contributed by atoms with Crippen LogP contribution in [0.2, 0.25) is 0 Å². The van der Waals surface area contributed by atoms with E-state index in [1.165, 1.54) is 17.3 Å². The summed E-state index contributed by atoms with van der Waals surface area (Å²) in [7, 11) is 0. The van der Waals surface area contributed by atoms with Crippen molar-refractivity contribution in [3.63, 3.8) is 0 Å². The molecule has 9 nitrogen and oxygen atoms in total. The Morgan fingerprint density at radius 1 is 1.27 bits per heavy atom. The normalized spacial score (nSPS) is 27.8. The number of anilines is 1. The zero-order chi connectivity index (χ0) is 22.6. The molecule has 1 aromatic carbocycles. The predicted molar refractivity (Wildman–Crippen MR) is 114 cm³/mol. The Morgan fingerprint density at radius 2 is 2.12 bits per heavy atom. The van der Waals surface area contributed by atoms with E-state index in [0.717, 1.165) is 18.8 Å². The molecule has 166 valence electrons. The summed E-state index contributed by atoms with van der Waals surface area (Å²) in [5.41, 5.74) is 1.65. The second-order valence-electron chi connectivity index (χ2n) is 8.68. The van der Waals surface area contributed by atoms with Crippen molar-refractivity contribution in [2.24, 2.45) is 11.8 Å². The van der Waals surface area contributed by atoms with Crippen LogP contribution in [0, 0.1) is 29.0 Å². The number of piperidine rings is 1. The fourth-order valence-corrected chi connectivity index (χ4v) is 5.21. The number of hydrogen-bond acceptors (Lipinski definition) is 7. The third kappa shape index (κ3) is 3.08. The molecule has 10 heteroatoms. The van der Waals surface area contributed by atoms with Crippen LogP contribution in [0.4, 0.5) is 14.9 Å². The summed E-state index contributed by atoms with van der Waals surface area (Å²) in [6.07, 6.45) is 3.66. The molecule has 33 heavy (non-hydrogen) atoms. The van der Waals surface area contributed by atoms with E-state index in [1.807, 2.05) is 6.07 Å². The number of nitrogens with one attached hydrogen (secondary N) is 1. The molecule has 4 atom stereocenters. The third-order valence-corrected chi connectivity index (χ3v) is 6.95. The molecule has 1 unspecified atom stereocenters. The lowest BCUT2D eigenvalue weighted by Gasteiger charge is -2.15. The van der Waals surface area contributed by atoms with E-state index in [9.17, 15) is 10.1 Å². The SMILES string of the molecule is N#CC1(c2ccc(-c3ccc(N4C[C@H](Cn5cncn5)OC4=O)cc3F)cn2)[C@@H]2CNC[C@@H]21. The smallest absolute Gasteiger partial charge is 0.414 e. The summed E-state index contributed by atoms with van der Waals surface area (Å²) in [6, 6.07) is 10.8. The Bertz CT molecular complexity index is 1240. The number of carbonyl (C=O) groups is 1. The molecule has 3 fully saturated rings. The second-order valence-corrected chi connectivity index (χ2v) is 8.68. The van der Waals surface area contributed by atoms with Gasteiger partial charge in [-0.1, -0.05) is 6.07 Å². The zero-order valence-corrected chi connectivity index (χ0v) is 17.6. The minimum Gasteiger partial charge on any atom is -0.442 e. The highest BCUT2D eigenvalue weighted by Gasteiger charge is 2.69. The number of cyclic esters (lactones) is 1. The van der Waals surface area contributed by atoms with Crippen LogP contribution >= 0.6 is 0 Å². The molecule has 2 saturated heterocycles. The molecular weight excluding hydrogens is 425 g/mol. The Morgan fingerprint density at radius 3 is 2.79 bits per heavy atom. The van der Waals surface area contributed by atoms with Crippen molar-refractivity contribution in [3.8, 4) is 17.2 Å². The van der Waals surface area contributed by atoms with Crippen molar-refractivity contribution in [2.75, 3.05) is 24.5 Å². The van der Waals surface area contributed by atoms with Gasteiger partial charge in [0.15, 0.2) is 0 Å². The van der Waals surface area contributed by atoms with Crippen molar-refractivity contribution in [1.29, 1.82) is 5.26 Å². The second kappa shape index (κ2) is 7.35. The number of nitriles is 1. The van der Waals surface area contributed by atoms with Gasteiger partial charge in [0.05, 0.1) is 30.5 Å². The molecule has 2 aromatic heterocycles. The van der Waals surface area contributed by atoms with E-state index in [0.29, 0.717) is 41.7 Å². The predicted octanol–water partition coefficient (Wildman–Crippen LogP) is 2.12. The molecule has 0 radical (unpaired) electrons. The summed E-state index contributed by atoms with van der Waals surface area (Å²) in [5.74, 6) is 0.132. The molecule has 0 spiro atoms. The van der Waals surface area contributed by atoms with Crippen molar-refractivity contribution < 1.29 is 13.9 Å². The maximum absolute atomic E-state index is 15.0. The molecule has 1 saturated carbocycles. The first-order valence-corrected chi connectivity index (χ1v) is 10.8. The van der Waals surface area contributed by atoms with Crippen LogP contribution in [0.1, 0.15) is 5.69 Å². The highest BCUT2D eigenvalue weighted by atomic mass is 19.1. The van der Waals surface area contributed by atoms with Gasteiger partial charge >= 0.3 is 6.09 Å². The molecule has 2 aliphatic heterocycles. The Balaban J connectivity index is 1.20. The number of amides is 1. The first-order valence-electron chi connectivity index (χ1n) is 10.8. The Labute approximate surface area is 188 Å². The van der Waals surface area contributed by atoms with E-state index in [4.69, 9.17) is 4.74 Å². The molecule has 0 bridgehead atoms. The number of halogens is 1. The third-order valence-electron chi connectivity index (χ3n) is 6.95. The number of ether oxygens (including phenoxy) is 1. The van der Waals surface area contributed by atoms with Crippen molar-refractivity contribution in [2.45, 2.75) is 18.1 Å². The molecule has 1 amide bonds. The van der Waals surface area contributed by atoms with Crippen molar-refractivity contribution in [3.05, 3.63) is 60.7 Å². The van der Waals surface area contributed by atoms with Crippen LogP contribution in [-0.4, -0.2) is 51.6 Å². The number of fused-ring (bicyclic) bond motifs is 1. The molecule has 3 aromatic rings. The van der Waals surface area contributed by atoms with Crippen LogP contribution in [0.25, 0.3) is 11.1 Å². The fraction of sp³-hybridized carbons (Fsp3) is 0.348. The van der Waals surface area contributed by atoms with Crippen LogP contribution in [0.5, 0.6) is 0 Å². The first kappa shape index (κ1) is 19.8. The number of hydrogen-bond donors (Lipinski definition) is 1. The van der Waals surface area contributed by atoms with Gasteiger partial charge < -0.3 is 10.1 Å². The number of carbonyl (C=O) groups excluding carboxylic acids is 1. The van der Waals surface area contributed by atoms with Gasteiger partial charge in [-0.2, -0.15) is 10.4 Å². The van der Waals surface area contributed by atoms with Crippen LogP contribution < -0.4 is 10.2 Å². The first-order chi connectivity index (χ1) is 16.1. The zero-order valence-electron chi connectivity index (χ0n) is 17.6. The van der Waals surface area contributed by atoms with Gasteiger partial charge in [-0.05, 0) is 24.3 Å². The lowest BCUT2D eigenvalue weighted by molar-refractivity contribution is 0.129. The summed E-state index contributed by atoms with van der Waals surface area (Å²) in [4.78, 5) is 22.1. The molecule has 3 aliphatic rings. The van der Waals surface area contributed by atoms with Gasteiger partial charge in [-0.15, -0.1) is 0 Å². The average Bonchev–Trinajstić information content (AvgIpc) is 3.35. The summed E-state index contributed by atoms with van der Waals surface area (Å²) < 4.78 is 22.0. The molecule has 4 heterocycles.